The molecule has 0 saturated heterocycles. The molecule has 0 aliphatic heterocycles. The number of carboxylic acids is 3. The number of hydrogen-bond acceptors (Lipinski definition) is 18. The van der Waals surface area contributed by atoms with E-state index in [-0.39, 0.29) is 38.5 Å². The van der Waals surface area contributed by atoms with Gasteiger partial charge in [0.1, 0.15) is 18.3 Å². The zero-order valence-corrected chi connectivity index (χ0v) is 34.1. The third-order valence-corrected chi connectivity index (χ3v) is 10.4. The molecule has 9 atom stereocenters. The Morgan fingerprint density at radius 1 is 0.421 bits per heavy atom. The first-order valence-electron chi connectivity index (χ1n) is 17.8. The predicted molar refractivity (Wildman–Crippen MR) is 187 cm³/mol. The molecule has 1 aliphatic rings. The van der Waals surface area contributed by atoms with Gasteiger partial charge in [-0.3, -0.25) is 41.5 Å². The fraction of sp³-hybridized carbons (Fsp3) is 0.800. The smallest absolute Gasteiger partial charge is 0.473 e. The van der Waals surface area contributed by atoms with Crippen LogP contribution in [0.5, 0.6) is 0 Å². The summed E-state index contributed by atoms with van der Waals surface area (Å²) in [7, 11) is -17.5. The summed E-state index contributed by atoms with van der Waals surface area (Å²) in [5.41, 5.74) is 0. The van der Waals surface area contributed by atoms with Crippen molar-refractivity contribution in [2.24, 2.45) is 0 Å². The van der Waals surface area contributed by atoms with E-state index in [1.54, 1.807) is 20.8 Å². The van der Waals surface area contributed by atoms with Crippen LogP contribution in [-0.4, -0.2) is 122 Å². The lowest BCUT2D eigenvalue weighted by molar-refractivity contribution is -0.241. The highest BCUT2D eigenvalue weighted by molar-refractivity contribution is 7.48. The Morgan fingerprint density at radius 3 is 0.877 bits per heavy atom. The number of carbonyl (C=O) groups is 6. The fourth-order valence-corrected chi connectivity index (χ4v) is 7.68. The van der Waals surface area contributed by atoms with E-state index >= 15 is 0 Å². The topological polar surface area (TPSA) is 358 Å². The molecule has 330 valence electrons. The van der Waals surface area contributed by atoms with Crippen molar-refractivity contribution in [2.45, 2.75) is 134 Å². The first-order valence-corrected chi connectivity index (χ1v) is 22.3. The Kier molecular flexibility index (Phi) is 23.4. The van der Waals surface area contributed by atoms with Gasteiger partial charge in [-0.25, -0.2) is 28.1 Å². The molecule has 27 heteroatoms. The predicted octanol–water partition coefficient (Wildman–Crippen LogP) is 3.24. The molecular formula is C30H51O24P3. The third kappa shape index (κ3) is 21.1. The van der Waals surface area contributed by atoms with Crippen LogP contribution in [0.15, 0.2) is 0 Å². The number of esters is 3. The Bertz CT molecular complexity index is 1410. The van der Waals surface area contributed by atoms with Gasteiger partial charge in [0.05, 0.1) is 0 Å². The van der Waals surface area contributed by atoms with Crippen LogP contribution < -0.4 is 0 Å². The highest BCUT2D eigenvalue weighted by atomic mass is 31.2. The van der Waals surface area contributed by atoms with Gasteiger partial charge in [0.15, 0.2) is 38.1 Å². The molecule has 0 spiro atoms. The first-order chi connectivity index (χ1) is 26.6. The van der Waals surface area contributed by atoms with E-state index in [9.17, 15) is 57.1 Å². The zero-order valence-electron chi connectivity index (χ0n) is 31.4. The first kappa shape index (κ1) is 52.2. The number of carboxylic acid groups (broad SMARTS) is 3. The molecule has 5 unspecified atom stereocenters. The number of ether oxygens (including phenoxy) is 3. The zero-order chi connectivity index (χ0) is 43.4. The Balaban J connectivity index is 4.27. The molecule has 1 fully saturated rings. The van der Waals surface area contributed by atoms with Gasteiger partial charge in [-0.05, 0) is 19.3 Å². The van der Waals surface area contributed by atoms with Crippen molar-refractivity contribution in [3.8, 4) is 0 Å². The maximum Gasteiger partial charge on any atom is 0.473 e. The summed E-state index contributed by atoms with van der Waals surface area (Å²) in [6, 6.07) is 0. The van der Waals surface area contributed by atoms with Gasteiger partial charge in [-0.1, -0.05) is 59.3 Å². The molecule has 57 heavy (non-hydrogen) atoms. The van der Waals surface area contributed by atoms with E-state index in [1.807, 2.05) is 0 Å². The van der Waals surface area contributed by atoms with Crippen LogP contribution >= 0.6 is 23.5 Å². The van der Waals surface area contributed by atoms with Gasteiger partial charge < -0.3 is 44.2 Å². The second-order valence-corrected chi connectivity index (χ2v) is 16.6. The van der Waals surface area contributed by atoms with E-state index in [1.165, 1.54) is 0 Å². The number of hydrogen-bond donors (Lipinski definition) is 6. The maximum absolute atomic E-state index is 13.3. The second kappa shape index (κ2) is 25.6. The van der Waals surface area contributed by atoms with E-state index in [2.05, 4.69) is 13.6 Å². The van der Waals surface area contributed by atoms with Gasteiger partial charge in [0.2, 0.25) is 0 Å². The van der Waals surface area contributed by atoms with Crippen molar-refractivity contribution in [1.29, 1.82) is 0 Å². The number of phosphoric ester groups is 3. The van der Waals surface area contributed by atoms with Crippen LogP contribution in [0, 0.1) is 0 Å². The largest absolute Gasteiger partial charge is 0.480 e. The van der Waals surface area contributed by atoms with Crippen molar-refractivity contribution >= 4 is 59.3 Å². The molecule has 0 aromatic rings. The van der Waals surface area contributed by atoms with Crippen molar-refractivity contribution < 1.29 is 114 Å². The van der Waals surface area contributed by atoms with Gasteiger partial charge in [-0.15, -0.1) is 0 Å². The minimum atomic E-state index is -5.86. The van der Waals surface area contributed by atoms with Crippen molar-refractivity contribution in [1.82, 2.24) is 0 Å². The summed E-state index contributed by atoms with van der Waals surface area (Å²) in [6.45, 7) is 0.773. The molecule has 6 N–H and O–H groups in total. The summed E-state index contributed by atoms with van der Waals surface area (Å²) in [5, 5.41) is 27.2. The lowest BCUT2D eigenvalue weighted by Crippen LogP contribution is -2.68. The highest BCUT2D eigenvalue weighted by Crippen LogP contribution is 2.55. The molecule has 0 aromatic carbocycles. The van der Waals surface area contributed by atoms with Crippen LogP contribution in [0.25, 0.3) is 0 Å². The van der Waals surface area contributed by atoms with E-state index in [0.29, 0.717) is 38.5 Å². The number of rotatable bonds is 30. The summed E-state index contributed by atoms with van der Waals surface area (Å²) in [5.74, 6) is -8.88. The minimum Gasteiger partial charge on any atom is -0.480 e. The van der Waals surface area contributed by atoms with Crippen LogP contribution in [0.1, 0.15) is 97.8 Å². The second-order valence-electron chi connectivity index (χ2n) is 12.4. The average Bonchev–Trinajstić information content (AvgIpc) is 3.10. The van der Waals surface area contributed by atoms with E-state index in [0.717, 1.165) is 0 Å². The molecule has 1 saturated carbocycles. The number of unbranched alkanes of at least 4 members (excludes halogenated alkanes) is 6. The van der Waals surface area contributed by atoms with E-state index in [4.69, 9.17) is 43.1 Å². The molecular weight excluding hydrogens is 837 g/mol. The Hall–Kier alpha value is -2.85. The molecule has 0 radical (unpaired) electrons. The van der Waals surface area contributed by atoms with Crippen molar-refractivity contribution in [3.05, 3.63) is 0 Å². The van der Waals surface area contributed by atoms with Crippen LogP contribution in [-0.2, 0) is 83.8 Å². The molecule has 1 rings (SSSR count). The molecule has 1 aliphatic carbocycles. The SMILES string of the molecule is CCCCCC(=O)OC1[C@@H](OC(=O)CCCCC)[C@H](OP(=O)(O)OCC(=O)O)C(OP(=O)(O)OCC(=O)O)[C@@H](OP(=O)(O)OCC(=O)O)[C@H]1OC(=O)CCCCC. The van der Waals surface area contributed by atoms with Crippen molar-refractivity contribution in [2.75, 3.05) is 19.8 Å². The van der Waals surface area contributed by atoms with Crippen molar-refractivity contribution in [3.63, 3.8) is 0 Å². The highest BCUT2D eigenvalue weighted by Gasteiger charge is 2.62. The quantitative estimate of drug-likeness (QED) is 0.0261. The molecule has 0 aromatic heterocycles. The van der Waals surface area contributed by atoms with Crippen LogP contribution in [0.3, 0.4) is 0 Å². The molecule has 0 bridgehead atoms. The van der Waals surface area contributed by atoms with Gasteiger partial charge in [0.25, 0.3) is 0 Å². The lowest BCUT2D eigenvalue weighted by Gasteiger charge is -2.48. The summed E-state index contributed by atoms with van der Waals surface area (Å²) >= 11 is 0. The van der Waals surface area contributed by atoms with Gasteiger partial charge in [-0.2, -0.15) is 0 Å². The third-order valence-electron chi connectivity index (χ3n) is 7.52. The minimum absolute atomic E-state index is 0.181. The standard InChI is InChI=1S/C30H51O24P3/c1-4-7-10-13-22(37)49-25-26(50-23(38)14-11-8-5-2)28(52-55(40,41)46-16-19(31)32)30(54-57(44,45)48-18-21(35)36)29(53-56(42,43)47-17-20(33)34)27(25)51-24(39)15-12-9-6-3/h25-30H,4-18H2,1-3H3,(H,31,32)(H,33,34)(H,35,36)(H,40,41)(H,42,43)(H,44,45)/t25?,26-,27+,28-,29-,30?/m0/s1. The summed E-state index contributed by atoms with van der Waals surface area (Å²) < 4.78 is 85.0. The van der Waals surface area contributed by atoms with E-state index < -0.39 is 116 Å². The molecule has 0 heterocycles. The lowest BCUT2D eigenvalue weighted by atomic mass is 9.84. The molecule has 0 amide bonds. The van der Waals surface area contributed by atoms with Crippen LogP contribution in [0.2, 0.25) is 0 Å². The number of carbonyl (C=O) groups excluding carboxylic acids is 3. The summed E-state index contributed by atoms with van der Waals surface area (Å²) in [6.07, 6.45) is -12.6. The normalized spacial score (nSPS) is 23.9. The summed E-state index contributed by atoms with van der Waals surface area (Å²) in [4.78, 5) is 105. The van der Waals surface area contributed by atoms with Gasteiger partial charge >= 0.3 is 59.3 Å². The fourth-order valence-electron chi connectivity index (χ4n) is 5.04. The van der Waals surface area contributed by atoms with Gasteiger partial charge in [0, 0.05) is 19.3 Å². The maximum atomic E-state index is 13.3. The number of phosphoric acid groups is 3. The Labute approximate surface area is 327 Å². The monoisotopic (exact) mass is 888 g/mol. The molecule has 24 nitrogen and oxygen atoms in total. The van der Waals surface area contributed by atoms with Crippen LogP contribution in [0.4, 0.5) is 0 Å². The average molecular weight is 889 g/mol. The Morgan fingerprint density at radius 2 is 0.649 bits per heavy atom. The number of aliphatic carboxylic acids is 3.